The van der Waals surface area contributed by atoms with Gasteiger partial charge in [0.25, 0.3) is 0 Å². The van der Waals surface area contributed by atoms with Gasteiger partial charge in [-0.1, -0.05) is 36.5 Å². The number of allylic oxidation sites excluding steroid dienone is 10. The predicted octanol–water partition coefficient (Wildman–Crippen LogP) is 3.15. The molecule has 0 aromatic rings. The number of hydrogen-bond acceptors (Lipinski definition) is 0. The van der Waals surface area contributed by atoms with Crippen molar-refractivity contribution in [3.8, 4) is 0 Å². The third-order valence-electron chi connectivity index (χ3n) is 2.75. The Hall–Kier alpha value is -1.30. The van der Waals surface area contributed by atoms with Gasteiger partial charge in [0.15, 0.2) is 0 Å². The van der Waals surface area contributed by atoms with Gasteiger partial charge in [-0.3, -0.25) is 0 Å². The summed E-state index contributed by atoms with van der Waals surface area (Å²) >= 11 is 0. The normalized spacial score (nSPS) is 24.0. The molecule has 3 aliphatic carbocycles. The van der Waals surface area contributed by atoms with E-state index in [1.807, 2.05) is 0 Å². The molecule has 3 aliphatic rings. The topological polar surface area (TPSA) is 0 Å². The highest BCUT2D eigenvalue weighted by Crippen LogP contribution is 2.39. The molecular formula is C13H10. The fraction of sp³-hybridized carbons (Fsp3) is 0.154. The molecule has 0 aliphatic heterocycles. The lowest BCUT2D eigenvalue weighted by Crippen LogP contribution is -2.05. The molecule has 0 N–H and O–H groups in total. The highest BCUT2D eigenvalue weighted by atomic mass is 14.3. The van der Waals surface area contributed by atoms with Crippen LogP contribution in [0.2, 0.25) is 0 Å². The Bertz CT molecular complexity index is 398. The van der Waals surface area contributed by atoms with Crippen LogP contribution in [0.1, 0.15) is 12.8 Å². The molecule has 3 rings (SSSR count). The van der Waals surface area contributed by atoms with Crippen LogP contribution in [0.15, 0.2) is 58.7 Å². The van der Waals surface area contributed by atoms with Crippen molar-refractivity contribution in [2.24, 2.45) is 0 Å². The summed E-state index contributed by atoms with van der Waals surface area (Å²) in [5, 5.41) is 0. The van der Waals surface area contributed by atoms with Crippen molar-refractivity contribution in [1.82, 2.24) is 0 Å². The van der Waals surface area contributed by atoms with Gasteiger partial charge in [-0.2, -0.15) is 0 Å². The van der Waals surface area contributed by atoms with E-state index in [0.717, 1.165) is 12.8 Å². The van der Waals surface area contributed by atoms with Crippen LogP contribution in [-0.4, -0.2) is 0 Å². The quantitative estimate of drug-likeness (QED) is 0.518. The van der Waals surface area contributed by atoms with Crippen LogP contribution in [0.5, 0.6) is 0 Å². The van der Waals surface area contributed by atoms with Crippen LogP contribution < -0.4 is 0 Å². The van der Waals surface area contributed by atoms with E-state index in [4.69, 9.17) is 0 Å². The van der Waals surface area contributed by atoms with Crippen LogP contribution in [-0.2, 0) is 0 Å². The van der Waals surface area contributed by atoms with Gasteiger partial charge in [-0.25, -0.2) is 0 Å². The molecule has 0 aromatic heterocycles. The summed E-state index contributed by atoms with van der Waals surface area (Å²) in [6.07, 6.45) is 18.5. The molecule has 0 atom stereocenters. The minimum atomic E-state index is 0.983. The molecule has 0 unspecified atom stereocenters. The Balaban J connectivity index is 2.19. The van der Waals surface area contributed by atoms with E-state index in [2.05, 4.69) is 42.9 Å². The molecule has 0 bridgehead atoms. The monoisotopic (exact) mass is 166 g/mol. The maximum absolute atomic E-state index is 3.42. The minimum Gasteiger partial charge on any atom is -0.0801 e. The number of fused-ring (bicyclic) bond motifs is 2. The molecule has 2 radical (unpaired) electrons. The Morgan fingerprint density at radius 1 is 1.15 bits per heavy atom. The van der Waals surface area contributed by atoms with Crippen molar-refractivity contribution in [1.29, 1.82) is 0 Å². The fourth-order valence-electron chi connectivity index (χ4n) is 2.08. The molecule has 62 valence electrons. The maximum atomic E-state index is 3.42. The molecule has 0 spiro atoms. The molecule has 0 nitrogen and oxygen atoms in total. The molecular weight excluding hydrogens is 156 g/mol. The van der Waals surface area contributed by atoms with Gasteiger partial charge in [-0.05, 0) is 35.1 Å². The summed E-state index contributed by atoms with van der Waals surface area (Å²) in [4.78, 5) is 0. The first kappa shape index (κ1) is 7.14. The second-order valence-corrected chi connectivity index (χ2v) is 3.51. The van der Waals surface area contributed by atoms with Crippen LogP contribution in [0, 0.1) is 6.42 Å². The highest BCUT2D eigenvalue weighted by Gasteiger charge is 2.21. The van der Waals surface area contributed by atoms with E-state index >= 15 is 0 Å². The first-order valence-electron chi connectivity index (χ1n) is 4.67. The Morgan fingerprint density at radius 3 is 3.15 bits per heavy atom. The highest BCUT2D eigenvalue weighted by molar-refractivity contribution is 5.63. The predicted molar refractivity (Wildman–Crippen MR) is 53.9 cm³/mol. The summed E-state index contributed by atoms with van der Waals surface area (Å²) in [6, 6.07) is 0. The van der Waals surface area contributed by atoms with E-state index < -0.39 is 0 Å². The summed E-state index contributed by atoms with van der Waals surface area (Å²) in [6.45, 7) is 0. The van der Waals surface area contributed by atoms with Gasteiger partial charge < -0.3 is 0 Å². The van der Waals surface area contributed by atoms with Crippen molar-refractivity contribution in [2.45, 2.75) is 12.8 Å². The Morgan fingerprint density at radius 2 is 2.15 bits per heavy atom. The molecule has 0 saturated heterocycles. The molecule has 0 heterocycles. The van der Waals surface area contributed by atoms with Crippen molar-refractivity contribution in [3.63, 3.8) is 0 Å². The van der Waals surface area contributed by atoms with Gasteiger partial charge in [0.2, 0.25) is 0 Å². The fourth-order valence-corrected chi connectivity index (χ4v) is 2.08. The first-order valence-corrected chi connectivity index (χ1v) is 4.67. The molecule has 0 saturated carbocycles. The second-order valence-electron chi connectivity index (χ2n) is 3.51. The largest absolute Gasteiger partial charge is 0.0801 e. The summed E-state index contributed by atoms with van der Waals surface area (Å²) in [5.74, 6) is 0. The van der Waals surface area contributed by atoms with E-state index in [-0.39, 0.29) is 0 Å². The summed E-state index contributed by atoms with van der Waals surface area (Å²) in [7, 11) is 0. The Labute approximate surface area is 78.7 Å². The summed E-state index contributed by atoms with van der Waals surface area (Å²) in [5.41, 5.74) is 5.63. The van der Waals surface area contributed by atoms with Gasteiger partial charge in [0.05, 0.1) is 0 Å². The first-order chi connectivity index (χ1) is 6.45. The summed E-state index contributed by atoms with van der Waals surface area (Å²) < 4.78 is 0. The third kappa shape index (κ3) is 0.983. The van der Waals surface area contributed by atoms with Gasteiger partial charge in [-0.15, -0.1) is 0 Å². The van der Waals surface area contributed by atoms with E-state index in [1.54, 1.807) is 0 Å². The van der Waals surface area contributed by atoms with Gasteiger partial charge >= 0.3 is 0 Å². The number of rotatable bonds is 0. The van der Waals surface area contributed by atoms with E-state index in [0.29, 0.717) is 0 Å². The average molecular weight is 166 g/mol. The zero-order valence-corrected chi connectivity index (χ0v) is 7.38. The molecule has 0 fully saturated rings. The SMILES string of the molecule is [C]1CC2=CC=CCC2=C2C=CC=C12. The lowest BCUT2D eigenvalue weighted by molar-refractivity contribution is 1.02. The third-order valence-corrected chi connectivity index (χ3v) is 2.75. The zero-order chi connectivity index (χ0) is 8.67. The van der Waals surface area contributed by atoms with Crippen molar-refractivity contribution < 1.29 is 0 Å². The van der Waals surface area contributed by atoms with E-state index in [9.17, 15) is 0 Å². The minimum absolute atomic E-state index is 0.983. The van der Waals surface area contributed by atoms with Gasteiger partial charge in [0.1, 0.15) is 0 Å². The lowest BCUT2D eigenvalue weighted by atomic mass is 9.82. The van der Waals surface area contributed by atoms with Crippen LogP contribution in [0.3, 0.4) is 0 Å². The van der Waals surface area contributed by atoms with Crippen molar-refractivity contribution in [3.05, 3.63) is 65.2 Å². The molecule has 0 aromatic carbocycles. The Kier molecular flexibility index (Phi) is 1.42. The standard InChI is InChI=1S/C13H10/c1-2-6-12-10(4-1)8-9-11-5-3-7-13(11)12/h1-5,7H,6,8H2. The van der Waals surface area contributed by atoms with Crippen LogP contribution in [0.25, 0.3) is 0 Å². The lowest BCUT2D eigenvalue weighted by Gasteiger charge is -2.22. The van der Waals surface area contributed by atoms with Crippen molar-refractivity contribution in [2.75, 3.05) is 0 Å². The molecule has 0 amide bonds. The van der Waals surface area contributed by atoms with Crippen LogP contribution >= 0.6 is 0 Å². The molecule has 0 heteroatoms. The molecule has 13 heavy (non-hydrogen) atoms. The zero-order valence-electron chi connectivity index (χ0n) is 7.38. The smallest absolute Gasteiger partial charge is 0.0218 e. The van der Waals surface area contributed by atoms with Crippen LogP contribution in [0.4, 0.5) is 0 Å². The second kappa shape index (κ2) is 2.59. The average Bonchev–Trinajstić information content (AvgIpc) is 2.65. The van der Waals surface area contributed by atoms with E-state index in [1.165, 1.54) is 22.3 Å². The van der Waals surface area contributed by atoms with Crippen molar-refractivity contribution >= 4 is 0 Å². The number of hydrogen-bond donors (Lipinski definition) is 0. The van der Waals surface area contributed by atoms with Gasteiger partial charge in [0, 0.05) is 6.42 Å². The maximum Gasteiger partial charge on any atom is 0.0218 e.